The zero-order chi connectivity index (χ0) is 24.8. The van der Waals surface area contributed by atoms with Crippen molar-refractivity contribution in [1.82, 2.24) is 0 Å². The number of hydrogen-bond acceptors (Lipinski definition) is 4. The minimum atomic E-state index is -4.03. The number of carbonyl (C=O) groups excluding carboxylic acids is 1. The summed E-state index contributed by atoms with van der Waals surface area (Å²) < 4.78 is 28.2. The summed E-state index contributed by atoms with van der Waals surface area (Å²) in [7, 11) is -4.03. The Hall–Kier alpha value is -3.26. The highest BCUT2D eigenvalue weighted by Crippen LogP contribution is 2.33. The number of sulfonamides is 1. The zero-order valence-corrected chi connectivity index (χ0v) is 21.3. The number of hydrogen-bond donors (Lipinski definition) is 1. The molecule has 0 heterocycles. The number of benzene rings is 4. The second-order valence-electron chi connectivity index (χ2n) is 7.76. The van der Waals surface area contributed by atoms with Crippen molar-refractivity contribution in [2.45, 2.75) is 21.6 Å². The first-order chi connectivity index (χ1) is 16.8. The van der Waals surface area contributed by atoms with Crippen LogP contribution in [-0.2, 0) is 14.8 Å². The number of anilines is 2. The third-order valence-corrected chi connectivity index (χ3v) is 8.23. The van der Waals surface area contributed by atoms with Crippen LogP contribution >= 0.6 is 23.4 Å². The van der Waals surface area contributed by atoms with Gasteiger partial charge in [-0.2, -0.15) is 0 Å². The van der Waals surface area contributed by atoms with E-state index in [4.69, 9.17) is 11.6 Å². The molecular formula is C27H23ClN2O3S2. The Bertz CT molecular complexity index is 1430. The second-order valence-corrected chi connectivity index (χ2v) is 11.2. The third kappa shape index (κ3) is 6.25. The Labute approximate surface area is 214 Å². The fraction of sp³-hybridized carbons (Fsp3) is 0.0741. The van der Waals surface area contributed by atoms with Crippen molar-refractivity contribution in [3.05, 3.63) is 114 Å². The van der Waals surface area contributed by atoms with Crippen LogP contribution in [0.1, 0.15) is 5.56 Å². The van der Waals surface area contributed by atoms with Crippen LogP contribution in [0.5, 0.6) is 0 Å². The predicted octanol–water partition coefficient (Wildman–Crippen LogP) is 6.63. The first-order valence-corrected chi connectivity index (χ1v) is 13.4. The van der Waals surface area contributed by atoms with Gasteiger partial charge in [-0.1, -0.05) is 65.8 Å². The Morgan fingerprint density at radius 1 is 0.886 bits per heavy atom. The zero-order valence-electron chi connectivity index (χ0n) is 18.9. The third-order valence-electron chi connectivity index (χ3n) is 5.11. The van der Waals surface area contributed by atoms with E-state index < -0.39 is 22.5 Å². The average molecular weight is 523 g/mol. The molecule has 0 atom stereocenters. The van der Waals surface area contributed by atoms with Gasteiger partial charge in [-0.15, -0.1) is 0 Å². The van der Waals surface area contributed by atoms with Crippen LogP contribution in [0.2, 0.25) is 5.02 Å². The molecule has 0 aliphatic carbocycles. The standard InChI is InChI=1S/C27H23ClN2O3S2/c1-20-8-7-9-22(18-20)30(35(32,33)24-16-14-21(28)15-17-24)19-27(31)29-25-12-5-6-13-26(25)34-23-10-3-2-4-11-23/h2-18H,19H2,1H3,(H,29,31). The second kappa shape index (κ2) is 11.0. The number of carbonyl (C=O) groups is 1. The highest BCUT2D eigenvalue weighted by Gasteiger charge is 2.27. The van der Waals surface area contributed by atoms with Crippen LogP contribution < -0.4 is 9.62 Å². The molecule has 0 bridgehead atoms. The Balaban J connectivity index is 1.62. The van der Waals surface area contributed by atoms with E-state index in [-0.39, 0.29) is 4.90 Å². The molecule has 0 saturated heterocycles. The molecule has 0 aliphatic rings. The summed E-state index contributed by atoms with van der Waals surface area (Å²) in [6.07, 6.45) is 0. The molecule has 0 unspecified atom stereocenters. The van der Waals surface area contributed by atoms with E-state index in [0.29, 0.717) is 16.4 Å². The van der Waals surface area contributed by atoms with Crippen molar-refractivity contribution in [1.29, 1.82) is 0 Å². The molecule has 0 aliphatic heterocycles. The largest absolute Gasteiger partial charge is 0.323 e. The number of amides is 1. The van der Waals surface area contributed by atoms with Gasteiger partial charge in [-0.3, -0.25) is 9.10 Å². The lowest BCUT2D eigenvalue weighted by Crippen LogP contribution is -2.38. The lowest BCUT2D eigenvalue weighted by molar-refractivity contribution is -0.114. The highest BCUT2D eigenvalue weighted by molar-refractivity contribution is 7.99. The van der Waals surface area contributed by atoms with Gasteiger partial charge in [0, 0.05) is 14.8 Å². The molecule has 4 rings (SSSR count). The molecule has 5 nitrogen and oxygen atoms in total. The highest BCUT2D eigenvalue weighted by atomic mass is 35.5. The Morgan fingerprint density at radius 3 is 2.29 bits per heavy atom. The van der Waals surface area contributed by atoms with Gasteiger partial charge in [-0.25, -0.2) is 8.42 Å². The summed E-state index contributed by atoms with van der Waals surface area (Å²) in [5.74, 6) is -0.454. The van der Waals surface area contributed by atoms with E-state index in [0.717, 1.165) is 19.7 Å². The maximum absolute atomic E-state index is 13.6. The summed E-state index contributed by atoms with van der Waals surface area (Å²) in [4.78, 5) is 15.1. The van der Waals surface area contributed by atoms with E-state index in [9.17, 15) is 13.2 Å². The van der Waals surface area contributed by atoms with Gasteiger partial charge in [0.05, 0.1) is 16.3 Å². The smallest absolute Gasteiger partial charge is 0.264 e. The van der Waals surface area contributed by atoms with Crippen molar-refractivity contribution < 1.29 is 13.2 Å². The Morgan fingerprint density at radius 2 is 1.57 bits per heavy atom. The molecule has 1 amide bonds. The molecule has 0 radical (unpaired) electrons. The predicted molar refractivity (Wildman–Crippen MR) is 143 cm³/mol. The first-order valence-electron chi connectivity index (χ1n) is 10.8. The normalized spacial score (nSPS) is 11.1. The lowest BCUT2D eigenvalue weighted by atomic mass is 10.2. The van der Waals surface area contributed by atoms with Gasteiger partial charge in [0.2, 0.25) is 5.91 Å². The molecule has 178 valence electrons. The van der Waals surface area contributed by atoms with Crippen molar-refractivity contribution in [2.24, 2.45) is 0 Å². The van der Waals surface area contributed by atoms with Crippen LogP contribution in [0, 0.1) is 6.92 Å². The van der Waals surface area contributed by atoms with Gasteiger partial charge in [0.1, 0.15) is 6.54 Å². The molecule has 0 spiro atoms. The molecule has 0 saturated carbocycles. The van der Waals surface area contributed by atoms with Crippen molar-refractivity contribution >= 4 is 50.7 Å². The first kappa shape index (κ1) is 24.9. The fourth-order valence-corrected chi connectivity index (χ4v) is 5.89. The summed E-state index contributed by atoms with van der Waals surface area (Å²) in [6.45, 7) is 1.48. The van der Waals surface area contributed by atoms with Gasteiger partial charge in [0.15, 0.2) is 0 Å². The van der Waals surface area contributed by atoms with Crippen LogP contribution in [0.15, 0.2) is 118 Å². The lowest BCUT2D eigenvalue weighted by Gasteiger charge is -2.24. The number of rotatable bonds is 8. The van der Waals surface area contributed by atoms with E-state index in [1.807, 2.05) is 61.5 Å². The summed E-state index contributed by atoms with van der Waals surface area (Å²) in [5, 5.41) is 3.32. The van der Waals surface area contributed by atoms with Gasteiger partial charge in [-0.05, 0) is 73.2 Å². The monoisotopic (exact) mass is 522 g/mol. The molecule has 4 aromatic carbocycles. The SMILES string of the molecule is Cc1cccc(N(CC(=O)Nc2ccccc2Sc2ccccc2)S(=O)(=O)c2ccc(Cl)cc2)c1. The van der Waals surface area contributed by atoms with E-state index in [2.05, 4.69) is 5.32 Å². The maximum atomic E-state index is 13.6. The summed E-state index contributed by atoms with van der Waals surface area (Å²) in [5.41, 5.74) is 1.89. The molecular weight excluding hydrogens is 500 g/mol. The van der Waals surface area contributed by atoms with Crippen LogP contribution in [-0.4, -0.2) is 20.9 Å². The Kier molecular flexibility index (Phi) is 7.80. The van der Waals surface area contributed by atoms with E-state index >= 15 is 0 Å². The van der Waals surface area contributed by atoms with Crippen molar-refractivity contribution in [3.8, 4) is 0 Å². The fourth-order valence-electron chi connectivity index (χ4n) is 3.43. The average Bonchev–Trinajstić information content (AvgIpc) is 2.84. The van der Waals surface area contributed by atoms with Crippen molar-refractivity contribution in [3.63, 3.8) is 0 Å². The topological polar surface area (TPSA) is 66.5 Å². The van der Waals surface area contributed by atoms with Crippen molar-refractivity contribution in [2.75, 3.05) is 16.2 Å². The molecule has 0 aromatic heterocycles. The summed E-state index contributed by atoms with van der Waals surface area (Å²) in [6, 6.07) is 30.2. The van der Waals surface area contributed by atoms with Crippen LogP contribution in [0.4, 0.5) is 11.4 Å². The number of halogens is 1. The number of nitrogens with one attached hydrogen (secondary N) is 1. The molecule has 35 heavy (non-hydrogen) atoms. The maximum Gasteiger partial charge on any atom is 0.264 e. The van der Waals surface area contributed by atoms with E-state index in [1.165, 1.54) is 36.0 Å². The van der Waals surface area contributed by atoms with Crippen LogP contribution in [0.25, 0.3) is 0 Å². The number of nitrogens with zero attached hydrogens (tertiary/aromatic N) is 1. The van der Waals surface area contributed by atoms with Crippen LogP contribution in [0.3, 0.4) is 0 Å². The number of para-hydroxylation sites is 1. The molecule has 1 N–H and O–H groups in total. The van der Waals surface area contributed by atoms with Gasteiger partial charge >= 0.3 is 0 Å². The van der Waals surface area contributed by atoms with Gasteiger partial charge in [0.25, 0.3) is 10.0 Å². The van der Waals surface area contributed by atoms with Gasteiger partial charge < -0.3 is 5.32 Å². The minimum absolute atomic E-state index is 0.0521. The molecule has 4 aromatic rings. The summed E-state index contributed by atoms with van der Waals surface area (Å²) >= 11 is 7.47. The van der Waals surface area contributed by atoms with E-state index in [1.54, 1.807) is 24.3 Å². The number of aryl methyl sites for hydroxylation is 1. The molecule has 0 fully saturated rings. The quantitative estimate of drug-likeness (QED) is 0.282. The minimum Gasteiger partial charge on any atom is -0.323 e. The molecule has 8 heteroatoms.